The number of methoxy groups -OCH3 is 2. The number of carbonyl (C=O) groups excluding carboxylic acids is 1. The molecule has 30 heavy (non-hydrogen) atoms. The predicted octanol–water partition coefficient (Wildman–Crippen LogP) is 2.36. The Morgan fingerprint density at radius 1 is 0.867 bits per heavy atom. The highest BCUT2D eigenvalue weighted by molar-refractivity contribution is 5.79. The van der Waals surface area contributed by atoms with Crippen molar-refractivity contribution in [1.82, 2.24) is 9.80 Å². The number of rotatable bonds is 6. The molecule has 160 valence electrons. The summed E-state index contributed by atoms with van der Waals surface area (Å²) >= 11 is 0. The van der Waals surface area contributed by atoms with Crippen molar-refractivity contribution in [2.75, 3.05) is 53.6 Å². The number of nitrogens with zero attached hydrogens (tertiary/aromatic N) is 2. The van der Waals surface area contributed by atoms with E-state index in [1.54, 1.807) is 14.2 Å². The van der Waals surface area contributed by atoms with E-state index in [-0.39, 0.29) is 5.91 Å². The SMILES string of the molecule is COc1ccc(CC(=O)N2CCN(Cc3ccc4c(c3)OCCO4)CC2)cc1OC. The van der Waals surface area contributed by atoms with Crippen molar-refractivity contribution >= 4 is 5.91 Å². The Morgan fingerprint density at radius 3 is 2.30 bits per heavy atom. The Kier molecular flexibility index (Phi) is 6.28. The van der Waals surface area contributed by atoms with Crippen LogP contribution in [0.25, 0.3) is 0 Å². The zero-order valence-corrected chi connectivity index (χ0v) is 17.6. The summed E-state index contributed by atoms with van der Waals surface area (Å²) in [5.74, 6) is 3.09. The van der Waals surface area contributed by atoms with Crippen LogP contribution in [0, 0.1) is 0 Å². The van der Waals surface area contributed by atoms with Gasteiger partial charge in [-0.25, -0.2) is 0 Å². The summed E-state index contributed by atoms with van der Waals surface area (Å²) in [5.41, 5.74) is 2.13. The van der Waals surface area contributed by atoms with E-state index >= 15 is 0 Å². The lowest BCUT2D eigenvalue weighted by molar-refractivity contribution is -0.132. The maximum absolute atomic E-state index is 12.8. The molecule has 0 N–H and O–H groups in total. The maximum Gasteiger partial charge on any atom is 0.227 e. The fourth-order valence-electron chi connectivity index (χ4n) is 3.88. The molecule has 0 spiro atoms. The summed E-state index contributed by atoms with van der Waals surface area (Å²) in [6.45, 7) is 5.21. The second-order valence-electron chi connectivity index (χ2n) is 7.50. The second kappa shape index (κ2) is 9.26. The first-order chi connectivity index (χ1) is 14.7. The van der Waals surface area contributed by atoms with Crippen LogP contribution in [0.4, 0.5) is 0 Å². The van der Waals surface area contributed by atoms with Crippen molar-refractivity contribution in [3.05, 3.63) is 47.5 Å². The van der Waals surface area contributed by atoms with Gasteiger partial charge in [-0.3, -0.25) is 9.69 Å². The molecule has 2 heterocycles. The lowest BCUT2D eigenvalue weighted by atomic mass is 10.1. The van der Waals surface area contributed by atoms with E-state index in [4.69, 9.17) is 18.9 Å². The maximum atomic E-state index is 12.8. The molecule has 2 aromatic rings. The Labute approximate surface area is 177 Å². The van der Waals surface area contributed by atoms with Crippen LogP contribution in [-0.2, 0) is 17.8 Å². The molecular formula is C23H28N2O5. The van der Waals surface area contributed by atoms with Crippen LogP contribution in [0.2, 0.25) is 0 Å². The van der Waals surface area contributed by atoms with Crippen LogP contribution < -0.4 is 18.9 Å². The Balaban J connectivity index is 1.29. The van der Waals surface area contributed by atoms with Crippen molar-refractivity contribution in [2.45, 2.75) is 13.0 Å². The molecule has 7 heteroatoms. The summed E-state index contributed by atoms with van der Waals surface area (Å²) in [4.78, 5) is 17.1. The van der Waals surface area contributed by atoms with Gasteiger partial charge in [0, 0.05) is 32.7 Å². The van der Waals surface area contributed by atoms with Gasteiger partial charge in [0.2, 0.25) is 5.91 Å². The lowest BCUT2D eigenvalue weighted by Gasteiger charge is -2.35. The fourth-order valence-corrected chi connectivity index (χ4v) is 3.88. The molecule has 2 aromatic carbocycles. The van der Waals surface area contributed by atoms with Gasteiger partial charge < -0.3 is 23.8 Å². The van der Waals surface area contributed by atoms with Crippen LogP contribution in [0.15, 0.2) is 36.4 Å². The molecular weight excluding hydrogens is 384 g/mol. The highest BCUT2D eigenvalue weighted by atomic mass is 16.6. The lowest BCUT2D eigenvalue weighted by Crippen LogP contribution is -2.48. The summed E-state index contributed by atoms with van der Waals surface area (Å²) in [6.07, 6.45) is 0.364. The Hall–Kier alpha value is -2.93. The van der Waals surface area contributed by atoms with Crippen LogP contribution in [0.1, 0.15) is 11.1 Å². The largest absolute Gasteiger partial charge is 0.493 e. The number of carbonyl (C=O) groups is 1. The molecule has 0 bridgehead atoms. The number of amides is 1. The summed E-state index contributed by atoms with van der Waals surface area (Å²) < 4.78 is 21.9. The van der Waals surface area contributed by atoms with E-state index in [0.29, 0.717) is 31.1 Å². The standard InChI is InChI=1S/C23H28N2O5/c1-27-19-5-3-17(13-21(19)28-2)15-23(26)25-9-7-24(8-10-25)16-18-4-6-20-22(14-18)30-12-11-29-20/h3-6,13-14H,7-12,15-16H2,1-2H3. The number of hydrogen-bond acceptors (Lipinski definition) is 6. The molecule has 0 aromatic heterocycles. The summed E-state index contributed by atoms with van der Waals surface area (Å²) in [5, 5.41) is 0. The molecule has 0 atom stereocenters. The van der Waals surface area contributed by atoms with Gasteiger partial charge in [-0.1, -0.05) is 12.1 Å². The van der Waals surface area contributed by atoms with E-state index in [2.05, 4.69) is 17.0 Å². The minimum absolute atomic E-state index is 0.140. The van der Waals surface area contributed by atoms with Crippen molar-refractivity contribution in [3.63, 3.8) is 0 Å². The molecule has 2 aliphatic rings. The molecule has 0 aliphatic carbocycles. The van der Waals surface area contributed by atoms with Gasteiger partial charge in [0.05, 0.1) is 20.6 Å². The molecule has 0 radical (unpaired) electrons. The first-order valence-electron chi connectivity index (χ1n) is 10.3. The highest BCUT2D eigenvalue weighted by Gasteiger charge is 2.22. The van der Waals surface area contributed by atoms with Crippen LogP contribution in [0.3, 0.4) is 0 Å². The van der Waals surface area contributed by atoms with Crippen LogP contribution in [0.5, 0.6) is 23.0 Å². The number of piperazine rings is 1. The van der Waals surface area contributed by atoms with Crippen LogP contribution >= 0.6 is 0 Å². The van der Waals surface area contributed by atoms with Gasteiger partial charge in [-0.15, -0.1) is 0 Å². The minimum atomic E-state index is 0.140. The average molecular weight is 412 g/mol. The van der Waals surface area contributed by atoms with Crippen LogP contribution in [-0.4, -0.2) is 69.3 Å². The molecule has 4 rings (SSSR count). The Bertz CT molecular complexity index is 893. The average Bonchev–Trinajstić information content (AvgIpc) is 2.79. The van der Waals surface area contributed by atoms with Gasteiger partial charge in [-0.2, -0.15) is 0 Å². The van der Waals surface area contributed by atoms with Gasteiger partial charge in [-0.05, 0) is 35.4 Å². The van der Waals surface area contributed by atoms with E-state index < -0.39 is 0 Å². The van der Waals surface area contributed by atoms with Gasteiger partial charge in [0.15, 0.2) is 23.0 Å². The molecule has 7 nitrogen and oxygen atoms in total. The second-order valence-corrected chi connectivity index (χ2v) is 7.50. The smallest absolute Gasteiger partial charge is 0.227 e. The molecule has 1 amide bonds. The third-order valence-electron chi connectivity index (χ3n) is 5.54. The van der Waals surface area contributed by atoms with E-state index in [9.17, 15) is 4.79 Å². The third kappa shape index (κ3) is 4.62. The highest BCUT2D eigenvalue weighted by Crippen LogP contribution is 2.31. The first kappa shape index (κ1) is 20.3. The summed E-state index contributed by atoms with van der Waals surface area (Å²) in [6, 6.07) is 11.7. The number of ether oxygens (including phenoxy) is 4. The van der Waals surface area contributed by atoms with E-state index in [1.807, 2.05) is 29.2 Å². The molecule has 0 saturated carbocycles. The first-order valence-corrected chi connectivity index (χ1v) is 10.3. The van der Waals surface area contributed by atoms with Gasteiger partial charge >= 0.3 is 0 Å². The summed E-state index contributed by atoms with van der Waals surface area (Å²) in [7, 11) is 3.21. The third-order valence-corrected chi connectivity index (χ3v) is 5.54. The van der Waals surface area contributed by atoms with E-state index in [1.165, 1.54) is 5.56 Å². The fraction of sp³-hybridized carbons (Fsp3) is 0.435. The van der Waals surface area contributed by atoms with Crippen molar-refractivity contribution in [2.24, 2.45) is 0 Å². The number of benzene rings is 2. The molecule has 1 saturated heterocycles. The zero-order chi connectivity index (χ0) is 20.9. The molecule has 2 aliphatic heterocycles. The minimum Gasteiger partial charge on any atom is -0.493 e. The normalized spacial score (nSPS) is 16.3. The molecule has 0 unspecified atom stereocenters. The van der Waals surface area contributed by atoms with Crippen molar-refractivity contribution < 1.29 is 23.7 Å². The van der Waals surface area contributed by atoms with Gasteiger partial charge in [0.1, 0.15) is 13.2 Å². The Morgan fingerprint density at radius 2 is 1.57 bits per heavy atom. The quantitative estimate of drug-likeness (QED) is 0.726. The van der Waals surface area contributed by atoms with Crippen molar-refractivity contribution in [3.8, 4) is 23.0 Å². The zero-order valence-electron chi connectivity index (χ0n) is 17.6. The van der Waals surface area contributed by atoms with E-state index in [0.717, 1.165) is 49.8 Å². The number of hydrogen-bond donors (Lipinski definition) is 0. The monoisotopic (exact) mass is 412 g/mol. The van der Waals surface area contributed by atoms with Crippen molar-refractivity contribution in [1.29, 1.82) is 0 Å². The number of fused-ring (bicyclic) bond motifs is 1. The van der Waals surface area contributed by atoms with Gasteiger partial charge in [0.25, 0.3) is 0 Å². The molecule has 1 fully saturated rings. The topological polar surface area (TPSA) is 60.5 Å². The predicted molar refractivity (Wildman–Crippen MR) is 113 cm³/mol.